The zero-order valence-electron chi connectivity index (χ0n) is 17.4. The van der Waals surface area contributed by atoms with E-state index in [1.807, 2.05) is 57.2 Å². The summed E-state index contributed by atoms with van der Waals surface area (Å²) in [6.45, 7) is 6.39. The Morgan fingerprint density at radius 1 is 0.966 bits per heavy atom. The van der Waals surface area contributed by atoms with Gasteiger partial charge in [0.2, 0.25) is 0 Å². The van der Waals surface area contributed by atoms with Gasteiger partial charge in [0.25, 0.3) is 5.91 Å². The van der Waals surface area contributed by atoms with Gasteiger partial charge in [0, 0.05) is 23.2 Å². The van der Waals surface area contributed by atoms with Gasteiger partial charge in [-0.15, -0.1) is 0 Å². The van der Waals surface area contributed by atoms with Gasteiger partial charge in [-0.2, -0.15) is 0 Å². The Hall–Kier alpha value is -3.21. The predicted molar refractivity (Wildman–Crippen MR) is 118 cm³/mol. The average molecular weight is 392 g/mol. The number of hydrogen-bond donors (Lipinski definition) is 2. The number of fused-ring (bicyclic) bond motifs is 1. The number of rotatable bonds is 7. The zero-order valence-corrected chi connectivity index (χ0v) is 17.4. The molecule has 152 valence electrons. The molecule has 0 heterocycles. The highest BCUT2D eigenvalue weighted by atomic mass is 16.5. The van der Waals surface area contributed by atoms with Crippen LogP contribution in [0, 0.1) is 0 Å². The van der Waals surface area contributed by atoms with E-state index in [0.29, 0.717) is 18.0 Å². The molecule has 0 radical (unpaired) electrons. The molecule has 0 aliphatic heterocycles. The van der Waals surface area contributed by atoms with E-state index in [2.05, 4.69) is 34.9 Å². The van der Waals surface area contributed by atoms with Crippen LogP contribution in [0.15, 0.2) is 60.7 Å². The summed E-state index contributed by atoms with van der Waals surface area (Å²) in [7, 11) is 1.60. The van der Waals surface area contributed by atoms with Crippen molar-refractivity contribution in [1.82, 2.24) is 5.32 Å². The van der Waals surface area contributed by atoms with E-state index < -0.39 is 0 Å². The smallest absolute Gasteiger partial charge is 0.258 e. The summed E-state index contributed by atoms with van der Waals surface area (Å²) in [5.41, 5.74) is 1.85. The van der Waals surface area contributed by atoms with E-state index in [9.17, 15) is 4.79 Å². The standard InChI is InChI=1S/C24H28N2O3/c1-24(2,3)26-23(27)16-29-21-13-12-17(14-22(21)28-4)15-25-20-11-7-9-18-8-5-6-10-19(18)20/h5-14,25H,15-16H2,1-4H3,(H,26,27). The summed E-state index contributed by atoms with van der Waals surface area (Å²) in [5, 5.41) is 8.75. The maximum Gasteiger partial charge on any atom is 0.258 e. The lowest BCUT2D eigenvalue weighted by Crippen LogP contribution is -2.43. The maximum absolute atomic E-state index is 12.0. The first-order chi connectivity index (χ1) is 13.9. The van der Waals surface area contributed by atoms with Gasteiger partial charge in [-0.3, -0.25) is 4.79 Å². The van der Waals surface area contributed by atoms with E-state index in [0.717, 1.165) is 11.3 Å². The molecule has 0 spiro atoms. The molecule has 5 heteroatoms. The number of carbonyl (C=O) groups is 1. The topological polar surface area (TPSA) is 59.6 Å². The van der Waals surface area contributed by atoms with Crippen LogP contribution in [0.2, 0.25) is 0 Å². The number of benzene rings is 3. The van der Waals surface area contributed by atoms with E-state index in [1.54, 1.807) is 7.11 Å². The molecule has 0 aliphatic rings. The Labute approximate surface area is 172 Å². The minimum absolute atomic E-state index is 0.0543. The molecule has 1 amide bonds. The second kappa shape index (κ2) is 8.86. The van der Waals surface area contributed by atoms with Crippen LogP contribution < -0.4 is 20.1 Å². The third kappa shape index (κ3) is 5.64. The highest BCUT2D eigenvalue weighted by Crippen LogP contribution is 2.29. The number of methoxy groups -OCH3 is 1. The Balaban J connectivity index is 1.66. The van der Waals surface area contributed by atoms with Gasteiger partial charge in [-0.25, -0.2) is 0 Å². The summed E-state index contributed by atoms with van der Waals surface area (Å²) < 4.78 is 11.1. The maximum atomic E-state index is 12.0. The van der Waals surface area contributed by atoms with Crippen LogP contribution in [0.4, 0.5) is 5.69 Å². The second-order valence-electron chi connectivity index (χ2n) is 7.95. The van der Waals surface area contributed by atoms with Crippen molar-refractivity contribution in [2.45, 2.75) is 32.9 Å². The van der Waals surface area contributed by atoms with Gasteiger partial charge in [-0.05, 0) is 49.9 Å². The molecule has 0 atom stereocenters. The summed E-state index contributed by atoms with van der Waals surface area (Å²) in [6, 6.07) is 20.2. The van der Waals surface area contributed by atoms with Gasteiger partial charge in [0.1, 0.15) is 0 Å². The van der Waals surface area contributed by atoms with E-state index in [1.165, 1.54) is 10.8 Å². The van der Waals surface area contributed by atoms with Crippen LogP contribution in [-0.2, 0) is 11.3 Å². The third-order valence-corrected chi connectivity index (χ3v) is 4.37. The van der Waals surface area contributed by atoms with Gasteiger partial charge in [-0.1, -0.05) is 42.5 Å². The van der Waals surface area contributed by atoms with Crippen molar-refractivity contribution in [1.29, 1.82) is 0 Å². The number of nitrogens with one attached hydrogen (secondary N) is 2. The molecule has 5 nitrogen and oxygen atoms in total. The van der Waals surface area contributed by atoms with Crippen LogP contribution in [0.5, 0.6) is 11.5 Å². The summed E-state index contributed by atoms with van der Waals surface area (Å²) in [4.78, 5) is 12.0. The summed E-state index contributed by atoms with van der Waals surface area (Å²) in [6.07, 6.45) is 0. The Bertz CT molecular complexity index is 988. The number of carbonyl (C=O) groups excluding carboxylic acids is 1. The van der Waals surface area contributed by atoms with Crippen molar-refractivity contribution >= 4 is 22.4 Å². The largest absolute Gasteiger partial charge is 0.493 e. The molecule has 3 rings (SSSR count). The monoisotopic (exact) mass is 392 g/mol. The zero-order chi connectivity index (χ0) is 20.9. The predicted octanol–water partition coefficient (Wildman–Crippen LogP) is 4.75. The fourth-order valence-corrected chi connectivity index (χ4v) is 3.12. The first kappa shape index (κ1) is 20.5. The minimum Gasteiger partial charge on any atom is -0.493 e. The van der Waals surface area contributed by atoms with Crippen LogP contribution in [0.1, 0.15) is 26.3 Å². The molecule has 0 aromatic heterocycles. The lowest BCUT2D eigenvalue weighted by molar-refractivity contribution is -0.124. The molecule has 0 unspecified atom stereocenters. The van der Waals surface area contributed by atoms with Gasteiger partial charge in [0.15, 0.2) is 18.1 Å². The van der Waals surface area contributed by atoms with Gasteiger partial charge < -0.3 is 20.1 Å². The highest BCUT2D eigenvalue weighted by Gasteiger charge is 2.15. The molecule has 0 saturated carbocycles. The minimum atomic E-state index is -0.290. The summed E-state index contributed by atoms with van der Waals surface area (Å²) in [5.74, 6) is 0.984. The normalized spacial score (nSPS) is 11.2. The fraction of sp³-hybridized carbons (Fsp3) is 0.292. The number of ether oxygens (including phenoxy) is 2. The Morgan fingerprint density at radius 3 is 2.48 bits per heavy atom. The lowest BCUT2D eigenvalue weighted by Gasteiger charge is -2.20. The van der Waals surface area contributed by atoms with Crippen molar-refractivity contribution in [2.24, 2.45) is 0 Å². The molecule has 29 heavy (non-hydrogen) atoms. The molecule has 3 aromatic carbocycles. The van der Waals surface area contributed by atoms with Crippen molar-refractivity contribution in [3.8, 4) is 11.5 Å². The van der Waals surface area contributed by atoms with E-state index >= 15 is 0 Å². The van der Waals surface area contributed by atoms with Crippen molar-refractivity contribution < 1.29 is 14.3 Å². The van der Waals surface area contributed by atoms with Crippen molar-refractivity contribution in [3.63, 3.8) is 0 Å². The quantitative estimate of drug-likeness (QED) is 0.609. The second-order valence-corrected chi connectivity index (χ2v) is 7.95. The fourth-order valence-electron chi connectivity index (χ4n) is 3.12. The Kier molecular flexibility index (Phi) is 6.27. The first-order valence-electron chi connectivity index (χ1n) is 9.68. The Morgan fingerprint density at radius 2 is 1.72 bits per heavy atom. The lowest BCUT2D eigenvalue weighted by atomic mass is 10.1. The first-order valence-corrected chi connectivity index (χ1v) is 9.68. The van der Waals surface area contributed by atoms with Crippen LogP contribution >= 0.6 is 0 Å². The van der Waals surface area contributed by atoms with Gasteiger partial charge >= 0.3 is 0 Å². The highest BCUT2D eigenvalue weighted by molar-refractivity contribution is 5.93. The number of anilines is 1. The molecule has 0 fully saturated rings. The van der Waals surface area contributed by atoms with Crippen LogP contribution in [0.25, 0.3) is 10.8 Å². The SMILES string of the molecule is COc1cc(CNc2cccc3ccccc23)ccc1OCC(=O)NC(C)(C)C. The van der Waals surface area contributed by atoms with Gasteiger partial charge in [0.05, 0.1) is 7.11 Å². The van der Waals surface area contributed by atoms with E-state index in [4.69, 9.17) is 9.47 Å². The molecule has 3 aromatic rings. The molecule has 0 aliphatic carbocycles. The molecule has 0 saturated heterocycles. The number of amides is 1. The van der Waals surface area contributed by atoms with Crippen molar-refractivity contribution in [3.05, 3.63) is 66.2 Å². The molecular formula is C24H28N2O3. The van der Waals surface area contributed by atoms with E-state index in [-0.39, 0.29) is 18.1 Å². The molecule has 2 N–H and O–H groups in total. The summed E-state index contributed by atoms with van der Waals surface area (Å²) >= 11 is 0. The van der Waals surface area contributed by atoms with Crippen molar-refractivity contribution in [2.75, 3.05) is 19.0 Å². The molecular weight excluding hydrogens is 364 g/mol. The number of hydrogen-bond acceptors (Lipinski definition) is 4. The third-order valence-electron chi connectivity index (χ3n) is 4.37. The average Bonchev–Trinajstić information content (AvgIpc) is 2.69. The van der Waals surface area contributed by atoms with Crippen LogP contribution in [-0.4, -0.2) is 25.2 Å². The molecule has 0 bridgehead atoms. The van der Waals surface area contributed by atoms with Crippen LogP contribution in [0.3, 0.4) is 0 Å².